The van der Waals surface area contributed by atoms with Crippen LogP contribution in [0.3, 0.4) is 0 Å². The van der Waals surface area contributed by atoms with Crippen molar-refractivity contribution in [1.82, 2.24) is 0 Å². The van der Waals surface area contributed by atoms with Gasteiger partial charge in [0.1, 0.15) is 5.78 Å². The third-order valence-electron chi connectivity index (χ3n) is 2.38. The van der Waals surface area contributed by atoms with Crippen molar-refractivity contribution in [2.75, 3.05) is 19.8 Å². The van der Waals surface area contributed by atoms with Gasteiger partial charge in [-0.3, -0.25) is 4.79 Å². The summed E-state index contributed by atoms with van der Waals surface area (Å²) in [7, 11) is 0. The third kappa shape index (κ3) is 16.3. The summed E-state index contributed by atoms with van der Waals surface area (Å²) in [5.74, 6) is 0.188. The van der Waals surface area contributed by atoms with Gasteiger partial charge in [0, 0.05) is 50.3 Å². The topological polar surface area (TPSA) is 63.6 Å². The van der Waals surface area contributed by atoms with Crippen LogP contribution in [0.4, 0.5) is 0 Å². The van der Waals surface area contributed by atoms with Gasteiger partial charge < -0.3 is 21.6 Å². The normalized spacial score (nSPS) is 10.9. The first-order valence-electron chi connectivity index (χ1n) is 6.51. The van der Waals surface area contributed by atoms with Gasteiger partial charge >= 0.3 is 0 Å². The Hall–Kier alpha value is 0.234. The summed E-state index contributed by atoms with van der Waals surface area (Å²) in [4.78, 5) is 21.6. The smallest absolute Gasteiger partial charge is 0.140 e. The number of aliphatic hydroxyl groups is 1. The Bertz CT molecular complexity index is 275. The van der Waals surface area contributed by atoms with Crippen LogP contribution in [0, 0.1) is 17.8 Å². The maximum Gasteiger partial charge on any atom is 0.140 e. The first-order valence-corrected chi connectivity index (χ1v) is 6.51. The van der Waals surface area contributed by atoms with Gasteiger partial charge in [-0.25, -0.2) is 0 Å². The van der Waals surface area contributed by atoms with E-state index in [0.29, 0.717) is 19.6 Å². The predicted octanol–water partition coefficient (Wildman–Crippen LogP) is 2.43. The average Bonchev–Trinajstić information content (AvgIpc) is 2.22. The van der Waals surface area contributed by atoms with E-state index in [0.717, 1.165) is 0 Å². The number of hydrogen-bond donors (Lipinski definition) is 1. The Kier molecular flexibility index (Phi) is 14.9. The number of ether oxygens (including phenoxy) is 1. The summed E-state index contributed by atoms with van der Waals surface area (Å²) in [6.45, 7) is 15.2. The molecule has 0 aromatic rings. The monoisotopic (exact) mass is 362 g/mol. The fraction of sp³-hybridized carbons (Fsp3) is 0.800. The molecule has 0 saturated carbocycles. The molecule has 117 valence electrons. The van der Waals surface area contributed by atoms with Gasteiger partial charge in [0.25, 0.3) is 0 Å². The molecule has 0 spiro atoms. The average molecular weight is 362 g/mol. The van der Waals surface area contributed by atoms with E-state index in [1.54, 1.807) is 0 Å². The second-order valence-corrected chi connectivity index (χ2v) is 6.43. The van der Waals surface area contributed by atoms with Crippen LogP contribution < -0.4 is 0 Å². The first kappa shape index (κ1) is 25.2. The van der Waals surface area contributed by atoms with Crippen molar-refractivity contribution in [1.29, 1.82) is 0 Å². The van der Waals surface area contributed by atoms with Gasteiger partial charge in [-0.15, -0.1) is 0 Å². The fourth-order valence-corrected chi connectivity index (χ4v) is 0.706. The van der Waals surface area contributed by atoms with E-state index in [1.807, 2.05) is 41.5 Å². The van der Waals surface area contributed by atoms with Gasteiger partial charge in [-0.05, 0) is 5.41 Å². The van der Waals surface area contributed by atoms with Gasteiger partial charge in [0.2, 0.25) is 0 Å². The van der Waals surface area contributed by atoms with Gasteiger partial charge in [-0.1, -0.05) is 41.5 Å². The van der Waals surface area contributed by atoms with Crippen molar-refractivity contribution in [2.24, 2.45) is 10.8 Å². The molecule has 0 aliphatic heterocycles. The molecule has 0 amide bonds. The second-order valence-electron chi connectivity index (χ2n) is 6.43. The number of rotatable bonds is 5. The molecule has 4 nitrogen and oxygen atoms in total. The summed E-state index contributed by atoms with van der Waals surface area (Å²) < 4.78 is 4.98. The van der Waals surface area contributed by atoms with Gasteiger partial charge in [0.05, 0.1) is 19.8 Å². The second kappa shape index (κ2) is 11.8. The molecular formula is C15H29O4Y-. The van der Waals surface area contributed by atoms with Crippen LogP contribution in [0.15, 0.2) is 0 Å². The number of Topliss-reactive ketones (excluding diaryl/α,β-unsaturated/α-hetero) is 2. The fourth-order valence-electron chi connectivity index (χ4n) is 0.706. The van der Waals surface area contributed by atoms with Gasteiger partial charge in [-0.2, -0.15) is 0 Å². The molecular weight excluding hydrogens is 333 g/mol. The van der Waals surface area contributed by atoms with Crippen LogP contribution in [-0.4, -0.2) is 36.5 Å². The van der Waals surface area contributed by atoms with Crippen molar-refractivity contribution in [3.63, 3.8) is 0 Å². The predicted molar refractivity (Wildman–Crippen MR) is 76.8 cm³/mol. The largest absolute Gasteiger partial charge is 0.394 e. The van der Waals surface area contributed by atoms with Crippen molar-refractivity contribution in [3.8, 4) is 0 Å². The van der Waals surface area contributed by atoms with E-state index in [1.165, 1.54) is 0 Å². The Balaban J connectivity index is -0.000000312. The molecule has 1 N–H and O–H groups in total. The molecule has 1 radical (unpaired) electrons. The Morgan fingerprint density at radius 2 is 1.40 bits per heavy atom. The van der Waals surface area contributed by atoms with E-state index >= 15 is 0 Å². The zero-order chi connectivity index (χ0) is 15.7. The van der Waals surface area contributed by atoms with E-state index < -0.39 is 0 Å². The minimum Gasteiger partial charge on any atom is -0.394 e. The van der Waals surface area contributed by atoms with Crippen molar-refractivity contribution in [3.05, 3.63) is 6.92 Å². The van der Waals surface area contributed by atoms with E-state index in [-0.39, 0.29) is 61.7 Å². The van der Waals surface area contributed by atoms with Crippen LogP contribution in [0.2, 0.25) is 0 Å². The standard InChI is InChI=1S/C9H18O3.C6H11O.Y/c1-9(2,3)8(11)4-6-12-7-5-10;1-5(7)6(2,3)4;/h10H,4-7H2,1-3H3;1H2,2-4H3;/q;-1;. The van der Waals surface area contributed by atoms with Crippen molar-refractivity contribution >= 4 is 11.6 Å². The van der Waals surface area contributed by atoms with Crippen LogP contribution >= 0.6 is 0 Å². The molecule has 0 aliphatic carbocycles. The van der Waals surface area contributed by atoms with Crippen LogP contribution in [0.5, 0.6) is 0 Å². The molecule has 0 aromatic carbocycles. The number of aliphatic hydroxyl groups excluding tert-OH is 1. The molecule has 0 unspecified atom stereocenters. The zero-order valence-electron chi connectivity index (χ0n) is 13.8. The van der Waals surface area contributed by atoms with E-state index in [2.05, 4.69) is 6.92 Å². The van der Waals surface area contributed by atoms with Crippen molar-refractivity contribution < 1.29 is 52.1 Å². The summed E-state index contributed by atoms with van der Waals surface area (Å²) in [5.41, 5.74) is -0.525. The summed E-state index contributed by atoms with van der Waals surface area (Å²) in [5, 5.41) is 8.38. The summed E-state index contributed by atoms with van der Waals surface area (Å²) in [6.07, 6.45) is 0.434. The van der Waals surface area contributed by atoms with E-state index in [9.17, 15) is 9.59 Å². The van der Waals surface area contributed by atoms with Crippen LogP contribution in [-0.2, 0) is 47.0 Å². The summed E-state index contributed by atoms with van der Waals surface area (Å²) >= 11 is 0. The maximum absolute atomic E-state index is 11.3. The molecule has 0 aromatic heterocycles. The minimum absolute atomic E-state index is 0. The van der Waals surface area contributed by atoms with E-state index in [4.69, 9.17) is 9.84 Å². The number of ketones is 2. The van der Waals surface area contributed by atoms with Crippen LogP contribution in [0.1, 0.15) is 48.0 Å². The SMILES string of the molecule is CC(C)(C)C(=O)CCOCCO.[CH2-]C(=O)C(C)(C)C.[Y]. The third-order valence-corrected chi connectivity index (χ3v) is 2.38. The molecule has 0 heterocycles. The molecule has 0 saturated heterocycles. The minimum atomic E-state index is -0.275. The Labute approximate surface area is 148 Å². The molecule has 0 rings (SSSR count). The Morgan fingerprint density at radius 3 is 1.65 bits per heavy atom. The molecule has 20 heavy (non-hydrogen) atoms. The molecule has 0 atom stereocenters. The quantitative estimate of drug-likeness (QED) is 0.603. The molecule has 0 fully saturated rings. The molecule has 5 heteroatoms. The zero-order valence-corrected chi connectivity index (χ0v) is 16.6. The van der Waals surface area contributed by atoms with Gasteiger partial charge in [0.15, 0.2) is 0 Å². The maximum atomic E-state index is 11.3. The summed E-state index contributed by atoms with van der Waals surface area (Å²) in [6, 6.07) is 0. The number of carbonyl (C=O) groups is 2. The molecule has 0 aliphatic rings. The molecule has 0 bridgehead atoms. The number of carbonyl (C=O) groups excluding carboxylic acids is 2. The Morgan fingerprint density at radius 1 is 1.00 bits per heavy atom. The number of hydrogen-bond acceptors (Lipinski definition) is 4. The van der Waals surface area contributed by atoms with Crippen molar-refractivity contribution in [2.45, 2.75) is 48.0 Å². The van der Waals surface area contributed by atoms with Crippen LogP contribution in [0.25, 0.3) is 0 Å². The first-order chi connectivity index (χ1) is 8.42.